The van der Waals surface area contributed by atoms with Gasteiger partial charge in [0.1, 0.15) is 0 Å². The minimum atomic E-state index is -0.254. The molecule has 0 aromatic carbocycles. The molecule has 0 radical (unpaired) electrons. The molecule has 0 saturated heterocycles. The second kappa shape index (κ2) is 22.9. The van der Waals surface area contributed by atoms with Crippen molar-refractivity contribution in [2.24, 2.45) is 5.92 Å². The molecule has 0 spiro atoms. The predicted octanol–water partition coefficient (Wildman–Crippen LogP) is 9.56. The molecule has 0 N–H and O–H groups in total. The van der Waals surface area contributed by atoms with E-state index in [1.54, 1.807) is 6.92 Å². The van der Waals surface area contributed by atoms with Crippen molar-refractivity contribution >= 4 is 5.97 Å². The molecule has 0 fully saturated rings. The zero-order valence-electron chi connectivity index (χ0n) is 21.0. The predicted molar refractivity (Wildman–Crippen MR) is 133 cm³/mol. The quantitative estimate of drug-likeness (QED) is 0.0930. The molecule has 0 aromatic rings. The molecule has 0 saturated carbocycles. The highest BCUT2D eigenvalue weighted by molar-refractivity contribution is 5.86. The van der Waals surface area contributed by atoms with E-state index in [0.717, 1.165) is 6.42 Å². The largest absolute Gasteiger partial charge is 0.462 e. The Kier molecular flexibility index (Phi) is 22.3. The van der Waals surface area contributed by atoms with Gasteiger partial charge >= 0.3 is 5.97 Å². The molecule has 1 unspecified atom stereocenters. The standard InChI is InChI=1S/C28H54O2/c1-5-6-7-8-9-10-11-12-13-14-15-16-17-18-19-20-21-22-23-27(4)24-25-30-28(29)26(2)3/h27H,2,5-25H2,1,3-4H3. The first-order valence-corrected chi connectivity index (χ1v) is 13.4. The minimum absolute atomic E-state index is 0.254. The average molecular weight is 423 g/mol. The van der Waals surface area contributed by atoms with Crippen LogP contribution >= 0.6 is 0 Å². The molecule has 0 aliphatic carbocycles. The Morgan fingerprint density at radius 1 is 0.667 bits per heavy atom. The van der Waals surface area contributed by atoms with Crippen LogP contribution in [0, 0.1) is 5.92 Å². The number of carbonyl (C=O) groups is 1. The van der Waals surface area contributed by atoms with Gasteiger partial charge in [-0.25, -0.2) is 4.79 Å². The third-order valence-corrected chi connectivity index (χ3v) is 6.24. The van der Waals surface area contributed by atoms with Crippen molar-refractivity contribution in [3.63, 3.8) is 0 Å². The van der Waals surface area contributed by atoms with E-state index in [4.69, 9.17) is 4.74 Å². The van der Waals surface area contributed by atoms with E-state index in [2.05, 4.69) is 20.4 Å². The number of hydrogen-bond acceptors (Lipinski definition) is 2. The number of ether oxygens (including phenoxy) is 1. The lowest BCUT2D eigenvalue weighted by molar-refractivity contribution is -0.139. The van der Waals surface area contributed by atoms with Crippen LogP contribution in [-0.4, -0.2) is 12.6 Å². The second-order valence-electron chi connectivity index (χ2n) is 9.61. The van der Waals surface area contributed by atoms with Gasteiger partial charge in [-0.15, -0.1) is 0 Å². The van der Waals surface area contributed by atoms with E-state index in [1.807, 2.05) is 0 Å². The Morgan fingerprint density at radius 3 is 1.40 bits per heavy atom. The normalized spacial score (nSPS) is 12.1. The topological polar surface area (TPSA) is 26.3 Å². The summed E-state index contributed by atoms with van der Waals surface area (Å²) >= 11 is 0. The van der Waals surface area contributed by atoms with Crippen molar-refractivity contribution < 1.29 is 9.53 Å². The van der Waals surface area contributed by atoms with Gasteiger partial charge in [0.05, 0.1) is 6.61 Å². The highest BCUT2D eigenvalue weighted by Crippen LogP contribution is 2.17. The first-order valence-electron chi connectivity index (χ1n) is 13.4. The van der Waals surface area contributed by atoms with Crippen LogP contribution in [0.5, 0.6) is 0 Å². The van der Waals surface area contributed by atoms with Crippen LogP contribution in [0.1, 0.15) is 149 Å². The summed E-state index contributed by atoms with van der Waals surface area (Å²) in [6.07, 6.45) is 27.9. The van der Waals surface area contributed by atoms with Gasteiger partial charge in [0.25, 0.3) is 0 Å². The lowest BCUT2D eigenvalue weighted by Crippen LogP contribution is -2.09. The van der Waals surface area contributed by atoms with Crippen molar-refractivity contribution in [3.05, 3.63) is 12.2 Å². The first-order chi connectivity index (χ1) is 14.6. The number of carbonyl (C=O) groups excluding carboxylic acids is 1. The Hall–Kier alpha value is -0.790. The number of esters is 1. The van der Waals surface area contributed by atoms with E-state index in [0.29, 0.717) is 18.1 Å². The van der Waals surface area contributed by atoms with Gasteiger partial charge in [0.15, 0.2) is 0 Å². The molecule has 0 rings (SSSR count). The van der Waals surface area contributed by atoms with Crippen LogP contribution < -0.4 is 0 Å². The van der Waals surface area contributed by atoms with Gasteiger partial charge in [-0.3, -0.25) is 0 Å². The summed E-state index contributed by atoms with van der Waals surface area (Å²) in [6, 6.07) is 0. The minimum Gasteiger partial charge on any atom is -0.462 e. The SMILES string of the molecule is C=C(C)C(=O)OCCC(C)CCCCCCCCCCCCCCCCCCCC. The summed E-state index contributed by atoms with van der Waals surface area (Å²) in [7, 11) is 0. The molecule has 178 valence electrons. The van der Waals surface area contributed by atoms with E-state index in [-0.39, 0.29) is 5.97 Å². The first kappa shape index (κ1) is 29.2. The highest BCUT2D eigenvalue weighted by Gasteiger charge is 2.06. The zero-order valence-corrected chi connectivity index (χ0v) is 21.0. The maximum absolute atomic E-state index is 11.3. The second-order valence-corrected chi connectivity index (χ2v) is 9.61. The van der Waals surface area contributed by atoms with Crippen LogP contribution in [-0.2, 0) is 9.53 Å². The van der Waals surface area contributed by atoms with Gasteiger partial charge in [0, 0.05) is 5.57 Å². The molecule has 0 bridgehead atoms. The summed E-state index contributed by atoms with van der Waals surface area (Å²) in [4.78, 5) is 11.3. The summed E-state index contributed by atoms with van der Waals surface area (Å²) < 4.78 is 5.18. The van der Waals surface area contributed by atoms with E-state index >= 15 is 0 Å². The van der Waals surface area contributed by atoms with Crippen molar-refractivity contribution in [3.8, 4) is 0 Å². The fraction of sp³-hybridized carbons (Fsp3) is 0.893. The zero-order chi connectivity index (χ0) is 22.3. The Morgan fingerprint density at radius 2 is 1.03 bits per heavy atom. The molecule has 30 heavy (non-hydrogen) atoms. The van der Waals surface area contributed by atoms with Gasteiger partial charge in [-0.1, -0.05) is 142 Å². The molecule has 2 nitrogen and oxygen atoms in total. The van der Waals surface area contributed by atoms with Gasteiger partial charge in [-0.2, -0.15) is 0 Å². The van der Waals surface area contributed by atoms with Crippen LogP contribution in [0.4, 0.5) is 0 Å². The molecule has 2 heteroatoms. The van der Waals surface area contributed by atoms with E-state index in [1.165, 1.54) is 122 Å². The lowest BCUT2D eigenvalue weighted by atomic mass is 9.99. The van der Waals surface area contributed by atoms with Crippen molar-refractivity contribution in [1.82, 2.24) is 0 Å². The van der Waals surface area contributed by atoms with Gasteiger partial charge < -0.3 is 4.74 Å². The summed E-state index contributed by atoms with van der Waals surface area (Å²) in [5, 5.41) is 0. The fourth-order valence-electron chi connectivity index (χ4n) is 4.01. The molecule has 0 heterocycles. The van der Waals surface area contributed by atoms with Crippen molar-refractivity contribution in [2.45, 2.75) is 149 Å². The van der Waals surface area contributed by atoms with Gasteiger partial charge in [-0.05, 0) is 19.3 Å². The summed E-state index contributed by atoms with van der Waals surface area (Å²) in [5.41, 5.74) is 0.492. The number of hydrogen-bond donors (Lipinski definition) is 0. The average Bonchev–Trinajstić information content (AvgIpc) is 2.72. The molecule has 0 aliphatic rings. The van der Waals surface area contributed by atoms with E-state index < -0.39 is 0 Å². The molecule has 0 amide bonds. The Labute approximate surface area is 189 Å². The Bertz CT molecular complexity index is 388. The maximum atomic E-state index is 11.3. The smallest absolute Gasteiger partial charge is 0.333 e. The molecule has 0 aromatic heterocycles. The summed E-state index contributed by atoms with van der Waals surface area (Å²) in [6.45, 7) is 10.4. The lowest BCUT2D eigenvalue weighted by Gasteiger charge is -2.11. The number of rotatable bonds is 23. The van der Waals surface area contributed by atoms with Crippen molar-refractivity contribution in [2.75, 3.05) is 6.61 Å². The van der Waals surface area contributed by atoms with Crippen LogP contribution in [0.15, 0.2) is 12.2 Å². The van der Waals surface area contributed by atoms with Gasteiger partial charge in [0.2, 0.25) is 0 Å². The molecule has 0 aliphatic heterocycles. The maximum Gasteiger partial charge on any atom is 0.333 e. The highest BCUT2D eigenvalue weighted by atomic mass is 16.5. The fourth-order valence-corrected chi connectivity index (χ4v) is 4.01. The van der Waals surface area contributed by atoms with Crippen LogP contribution in [0.2, 0.25) is 0 Å². The molecular formula is C28H54O2. The van der Waals surface area contributed by atoms with Crippen molar-refractivity contribution in [1.29, 1.82) is 0 Å². The third-order valence-electron chi connectivity index (χ3n) is 6.24. The molecule has 1 atom stereocenters. The monoisotopic (exact) mass is 422 g/mol. The number of unbranched alkanes of at least 4 members (excludes halogenated alkanes) is 17. The van der Waals surface area contributed by atoms with Crippen LogP contribution in [0.3, 0.4) is 0 Å². The Balaban J connectivity index is 3.17. The molecular weight excluding hydrogens is 368 g/mol. The van der Waals surface area contributed by atoms with Crippen LogP contribution in [0.25, 0.3) is 0 Å². The van der Waals surface area contributed by atoms with E-state index in [9.17, 15) is 4.79 Å². The third kappa shape index (κ3) is 21.9. The summed E-state index contributed by atoms with van der Waals surface area (Å²) in [5.74, 6) is 0.388.